The zero-order valence-electron chi connectivity index (χ0n) is 11.7. The van der Waals surface area contributed by atoms with Crippen LogP contribution in [0, 0.1) is 19.8 Å². The number of aryl methyl sites for hydroxylation is 2. The fraction of sp³-hybridized carbons (Fsp3) is 0.429. The molecule has 0 saturated carbocycles. The lowest BCUT2D eigenvalue weighted by Crippen LogP contribution is -2.50. The molecule has 0 unspecified atom stereocenters. The van der Waals surface area contributed by atoms with Gasteiger partial charge in [0, 0.05) is 37.9 Å². The van der Waals surface area contributed by atoms with Crippen LogP contribution in [-0.2, 0) is 0 Å². The van der Waals surface area contributed by atoms with E-state index in [0.717, 1.165) is 42.7 Å². The summed E-state index contributed by atoms with van der Waals surface area (Å²) in [5.74, 6) is 2.45. The Morgan fingerprint density at radius 1 is 1.15 bits per heavy atom. The minimum absolute atomic E-state index is 0.611. The molecule has 6 heteroatoms. The van der Waals surface area contributed by atoms with Gasteiger partial charge in [-0.3, -0.25) is 4.98 Å². The molecule has 2 aromatic rings. The fourth-order valence-electron chi connectivity index (χ4n) is 2.27. The molecule has 3 rings (SSSR count). The van der Waals surface area contributed by atoms with Crippen molar-refractivity contribution in [1.82, 2.24) is 20.2 Å². The summed E-state index contributed by atoms with van der Waals surface area (Å²) in [4.78, 5) is 10.7. The number of hydrogen-bond donors (Lipinski definition) is 1. The molecule has 0 aromatic carbocycles. The Morgan fingerprint density at radius 3 is 2.65 bits per heavy atom. The van der Waals surface area contributed by atoms with E-state index in [1.807, 2.05) is 26.0 Å². The minimum atomic E-state index is 0.611. The number of anilines is 2. The zero-order valence-corrected chi connectivity index (χ0v) is 11.7. The van der Waals surface area contributed by atoms with Gasteiger partial charge in [-0.05, 0) is 26.0 Å². The van der Waals surface area contributed by atoms with Crippen molar-refractivity contribution < 1.29 is 0 Å². The Kier molecular flexibility index (Phi) is 3.45. The monoisotopic (exact) mass is 270 g/mol. The third-order valence-electron chi connectivity index (χ3n) is 3.50. The van der Waals surface area contributed by atoms with E-state index in [4.69, 9.17) is 0 Å². The Morgan fingerprint density at radius 2 is 1.95 bits per heavy atom. The molecule has 0 atom stereocenters. The first-order valence-electron chi connectivity index (χ1n) is 6.79. The highest BCUT2D eigenvalue weighted by Crippen LogP contribution is 2.22. The summed E-state index contributed by atoms with van der Waals surface area (Å²) < 4.78 is 0. The summed E-state index contributed by atoms with van der Waals surface area (Å²) in [5.41, 5.74) is 1.89. The number of hydrogen-bond acceptors (Lipinski definition) is 6. The maximum absolute atomic E-state index is 4.29. The van der Waals surface area contributed by atoms with Crippen LogP contribution in [0.3, 0.4) is 0 Å². The van der Waals surface area contributed by atoms with Crippen molar-refractivity contribution >= 4 is 11.6 Å². The van der Waals surface area contributed by atoms with Crippen LogP contribution in [0.2, 0.25) is 0 Å². The Bertz CT molecular complexity index is 576. The third-order valence-corrected chi connectivity index (χ3v) is 3.50. The number of aromatic nitrogens is 4. The first-order chi connectivity index (χ1) is 9.72. The van der Waals surface area contributed by atoms with E-state index in [1.165, 1.54) is 0 Å². The summed E-state index contributed by atoms with van der Waals surface area (Å²) in [5, 5.41) is 11.6. The Labute approximate surface area is 118 Å². The second-order valence-electron chi connectivity index (χ2n) is 5.18. The molecule has 1 aliphatic rings. The van der Waals surface area contributed by atoms with Crippen molar-refractivity contribution in [2.75, 3.05) is 29.9 Å². The quantitative estimate of drug-likeness (QED) is 0.906. The van der Waals surface area contributed by atoms with Crippen molar-refractivity contribution in [1.29, 1.82) is 0 Å². The lowest BCUT2D eigenvalue weighted by molar-refractivity contribution is 0.425. The van der Waals surface area contributed by atoms with E-state index >= 15 is 0 Å². The predicted molar refractivity (Wildman–Crippen MR) is 77.7 cm³/mol. The van der Waals surface area contributed by atoms with Gasteiger partial charge >= 0.3 is 0 Å². The molecule has 1 N–H and O–H groups in total. The first kappa shape index (κ1) is 12.8. The van der Waals surface area contributed by atoms with E-state index in [9.17, 15) is 0 Å². The van der Waals surface area contributed by atoms with Crippen molar-refractivity contribution in [3.8, 4) is 0 Å². The summed E-state index contributed by atoms with van der Waals surface area (Å²) in [6.07, 6.45) is 3.42. The number of rotatable bonds is 4. The molecule has 1 saturated heterocycles. The largest absolute Gasteiger partial charge is 0.368 e. The lowest BCUT2D eigenvalue weighted by Gasteiger charge is -2.40. The van der Waals surface area contributed by atoms with Crippen molar-refractivity contribution in [3.63, 3.8) is 0 Å². The molecule has 0 radical (unpaired) electrons. The molecule has 1 aliphatic heterocycles. The molecule has 6 nitrogen and oxygen atoms in total. The summed E-state index contributed by atoms with van der Waals surface area (Å²) >= 11 is 0. The molecule has 0 aliphatic carbocycles. The average Bonchev–Trinajstić information content (AvgIpc) is 2.41. The topological polar surface area (TPSA) is 66.8 Å². The highest BCUT2D eigenvalue weighted by Gasteiger charge is 2.27. The van der Waals surface area contributed by atoms with Crippen LogP contribution in [-0.4, -0.2) is 39.8 Å². The van der Waals surface area contributed by atoms with Crippen molar-refractivity contribution in [2.45, 2.75) is 13.8 Å². The molecular weight excluding hydrogens is 252 g/mol. The first-order valence-corrected chi connectivity index (χ1v) is 6.79. The summed E-state index contributed by atoms with van der Waals surface area (Å²) in [6.45, 7) is 6.83. The normalized spacial score (nSPS) is 15.0. The molecule has 2 aromatic heterocycles. The van der Waals surface area contributed by atoms with Crippen molar-refractivity contribution in [3.05, 3.63) is 35.9 Å². The van der Waals surface area contributed by atoms with Gasteiger partial charge in [0.2, 0.25) is 0 Å². The van der Waals surface area contributed by atoms with E-state index in [0.29, 0.717) is 5.92 Å². The van der Waals surface area contributed by atoms with Crippen LogP contribution in [0.1, 0.15) is 11.4 Å². The minimum Gasteiger partial charge on any atom is -0.368 e. The molecule has 1 fully saturated rings. The molecule has 0 spiro atoms. The smallest absolute Gasteiger partial charge is 0.151 e. The standard InChI is InChI=1S/C14H18N6/c1-10-3-4-13(19-18-10)20-8-12(9-20)7-17-14-11(2)15-5-6-16-14/h3-6,12H,7-9H2,1-2H3,(H,16,17). The number of nitrogens with one attached hydrogen (secondary N) is 1. The maximum atomic E-state index is 4.29. The van der Waals surface area contributed by atoms with Gasteiger partial charge in [-0.1, -0.05) is 0 Å². The van der Waals surface area contributed by atoms with Crippen LogP contribution in [0.15, 0.2) is 24.5 Å². The molecule has 3 heterocycles. The van der Waals surface area contributed by atoms with Gasteiger partial charge in [0.25, 0.3) is 0 Å². The van der Waals surface area contributed by atoms with E-state index < -0.39 is 0 Å². The lowest BCUT2D eigenvalue weighted by atomic mass is 10.0. The number of nitrogens with zero attached hydrogens (tertiary/aromatic N) is 5. The van der Waals surface area contributed by atoms with Crippen LogP contribution in [0.5, 0.6) is 0 Å². The second-order valence-corrected chi connectivity index (χ2v) is 5.18. The summed E-state index contributed by atoms with van der Waals surface area (Å²) in [6, 6.07) is 4.02. The molecule has 104 valence electrons. The van der Waals surface area contributed by atoms with E-state index in [-0.39, 0.29) is 0 Å². The predicted octanol–water partition coefficient (Wildman–Crippen LogP) is 1.43. The van der Waals surface area contributed by atoms with E-state index in [2.05, 4.69) is 30.4 Å². The Balaban J connectivity index is 1.49. The van der Waals surface area contributed by atoms with Crippen LogP contribution < -0.4 is 10.2 Å². The van der Waals surface area contributed by atoms with Gasteiger partial charge in [0.05, 0.1) is 11.4 Å². The second kappa shape index (κ2) is 5.40. The van der Waals surface area contributed by atoms with Crippen LogP contribution in [0.4, 0.5) is 11.6 Å². The Hall–Kier alpha value is -2.24. The van der Waals surface area contributed by atoms with Gasteiger partial charge < -0.3 is 10.2 Å². The molecular formula is C14H18N6. The SMILES string of the molecule is Cc1ccc(N2CC(CNc3nccnc3C)C2)nn1. The van der Waals surface area contributed by atoms with Gasteiger partial charge in [-0.25, -0.2) is 4.98 Å². The molecule has 0 amide bonds. The van der Waals surface area contributed by atoms with Gasteiger partial charge in [0.15, 0.2) is 5.82 Å². The molecule has 0 bridgehead atoms. The molecule has 20 heavy (non-hydrogen) atoms. The van der Waals surface area contributed by atoms with Crippen LogP contribution in [0.25, 0.3) is 0 Å². The van der Waals surface area contributed by atoms with Gasteiger partial charge in [-0.15, -0.1) is 5.10 Å². The fourth-order valence-corrected chi connectivity index (χ4v) is 2.27. The summed E-state index contributed by atoms with van der Waals surface area (Å²) in [7, 11) is 0. The average molecular weight is 270 g/mol. The van der Waals surface area contributed by atoms with Crippen LogP contribution >= 0.6 is 0 Å². The van der Waals surface area contributed by atoms with Crippen molar-refractivity contribution in [2.24, 2.45) is 5.92 Å². The zero-order chi connectivity index (χ0) is 13.9. The highest BCUT2D eigenvalue weighted by atomic mass is 15.3. The van der Waals surface area contributed by atoms with Gasteiger partial charge in [-0.2, -0.15) is 5.10 Å². The maximum Gasteiger partial charge on any atom is 0.151 e. The highest BCUT2D eigenvalue weighted by molar-refractivity contribution is 5.42. The van der Waals surface area contributed by atoms with E-state index in [1.54, 1.807) is 12.4 Å². The third kappa shape index (κ3) is 2.68. The van der Waals surface area contributed by atoms with Gasteiger partial charge in [0.1, 0.15) is 5.82 Å².